The van der Waals surface area contributed by atoms with E-state index in [1.807, 2.05) is 18.2 Å². The van der Waals surface area contributed by atoms with Gasteiger partial charge in [0.2, 0.25) is 5.91 Å². The van der Waals surface area contributed by atoms with Crippen LogP contribution >= 0.6 is 0 Å². The topological polar surface area (TPSA) is 73.5 Å². The molecule has 2 aliphatic rings. The second kappa shape index (κ2) is 10.6. The maximum absolute atomic E-state index is 12.5. The molecule has 3 aromatic carbocycles. The van der Waals surface area contributed by atoms with Gasteiger partial charge in [-0.25, -0.2) is 0 Å². The molecule has 196 valence electrons. The molecule has 0 unspecified atom stereocenters. The van der Waals surface area contributed by atoms with Crippen molar-refractivity contribution in [2.24, 2.45) is 0 Å². The predicted molar refractivity (Wildman–Crippen MR) is 152 cm³/mol. The van der Waals surface area contributed by atoms with Gasteiger partial charge in [-0.1, -0.05) is 36.4 Å². The highest BCUT2D eigenvalue weighted by Crippen LogP contribution is 2.35. The summed E-state index contributed by atoms with van der Waals surface area (Å²) >= 11 is 0. The average Bonchev–Trinajstić information content (AvgIpc) is 3.36. The number of aromatic nitrogens is 2. The number of methoxy groups -OCH3 is 1. The standard InChI is InChI=1S/C31H35N5O2/c1-35-13-15-36(16-14-35)20-21-3-5-22(6-4-21)31-27-10-7-24(19-29(27)33-34-31)23-8-12-30(37)32-28-11-9-26(38-2)18-25(28)17-23/h3-7,9-11,18-19,23H,8,12-17,20H2,1-2H3,(H,32,37)(H,33,34)/t23-/m1/s1. The van der Waals surface area contributed by atoms with E-state index in [2.05, 4.69) is 74.8 Å². The highest BCUT2D eigenvalue weighted by atomic mass is 16.5. The van der Waals surface area contributed by atoms with Crippen molar-refractivity contribution in [3.05, 3.63) is 77.4 Å². The fourth-order valence-electron chi connectivity index (χ4n) is 5.70. The lowest BCUT2D eigenvalue weighted by Crippen LogP contribution is -2.43. The van der Waals surface area contributed by atoms with Crippen LogP contribution in [0.15, 0.2) is 60.7 Å². The third-order valence-corrected chi connectivity index (χ3v) is 8.06. The van der Waals surface area contributed by atoms with E-state index in [0.717, 1.165) is 84.7 Å². The summed E-state index contributed by atoms with van der Waals surface area (Å²) < 4.78 is 5.44. The van der Waals surface area contributed by atoms with Gasteiger partial charge in [-0.3, -0.25) is 14.8 Å². The van der Waals surface area contributed by atoms with Gasteiger partial charge >= 0.3 is 0 Å². The van der Waals surface area contributed by atoms with Crippen molar-refractivity contribution in [1.82, 2.24) is 20.0 Å². The smallest absolute Gasteiger partial charge is 0.224 e. The Balaban J connectivity index is 1.22. The summed E-state index contributed by atoms with van der Waals surface area (Å²) in [5.41, 5.74) is 7.66. The normalized spacial score (nSPS) is 19.0. The lowest BCUT2D eigenvalue weighted by Gasteiger charge is -2.32. The molecule has 0 saturated carbocycles. The largest absolute Gasteiger partial charge is 0.497 e. The van der Waals surface area contributed by atoms with Crippen LogP contribution in [-0.4, -0.2) is 66.2 Å². The van der Waals surface area contributed by atoms with E-state index in [0.29, 0.717) is 6.42 Å². The van der Waals surface area contributed by atoms with Crippen molar-refractivity contribution < 1.29 is 9.53 Å². The Labute approximate surface area is 223 Å². The van der Waals surface area contributed by atoms with E-state index >= 15 is 0 Å². The molecule has 0 radical (unpaired) electrons. The monoisotopic (exact) mass is 509 g/mol. The zero-order chi connectivity index (χ0) is 26.1. The summed E-state index contributed by atoms with van der Waals surface area (Å²) in [5, 5.41) is 12.1. The molecule has 0 aliphatic carbocycles. The number of likely N-dealkylation sites (N-methyl/N-ethyl adjacent to an activating group) is 1. The van der Waals surface area contributed by atoms with Crippen molar-refractivity contribution in [2.45, 2.75) is 31.7 Å². The Bertz CT molecular complexity index is 1440. The molecule has 7 heteroatoms. The van der Waals surface area contributed by atoms with Gasteiger partial charge in [0.15, 0.2) is 0 Å². The number of hydrogen-bond donors (Lipinski definition) is 2. The number of amides is 1. The van der Waals surface area contributed by atoms with E-state index in [-0.39, 0.29) is 11.8 Å². The van der Waals surface area contributed by atoms with Crippen LogP contribution in [0, 0.1) is 0 Å². The van der Waals surface area contributed by atoms with Gasteiger partial charge in [0.1, 0.15) is 5.75 Å². The fraction of sp³-hybridized carbons (Fsp3) is 0.355. The number of H-pyrrole nitrogens is 1. The molecule has 0 spiro atoms. The van der Waals surface area contributed by atoms with E-state index in [1.165, 1.54) is 11.1 Å². The molecular formula is C31H35N5O2. The summed E-state index contributed by atoms with van der Waals surface area (Å²) in [6.07, 6.45) is 2.14. The first kappa shape index (κ1) is 24.6. The number of anilines is 1. The van der Waals surface area contributed by atoms with Crippen LogP contribution in [0.5, 0.6) is 5.75 Å². The fourth-order valence-corrected chi connectivity index (χ4v) is 5.70. The minimum atomic E-state index is 0.0575. The van der Waals surface area contributed by atoms with Crippen LogP contribution in [-0.2, 0) is 17.8 Å². The molecular weight excluding hydrogens is 474 g/mol. The van der Waals surface area contributed by atoms with Crippen molar-refractivity contribution in [1.29, 1.82) is 0 Å². The number of ether oxygens (including phenoxy) is 1. The Morgan fingerprint density at radius 3 is 2.61 bits per heavy atom. The summed E-state index contributed by atoms with van der Waals surface area (Å²) in [7, 11) is 3.86. The number of rotatable bonds is 5. The number of piperazine rings is 1. The van der Waals surface area contributed by atoms with Crippen molar-refractivity contribution in [2.75, 3.05) is 45.7 Å². The maximum Gasteiger partial charge on any atom is 0.224 e. The molecule has 4 aromatic rings. The Morgan fingerprint density at radius 2 is 1.82 bits per heavy atom. The minimum absolute atomic E-state index is 0.0575. The van der Waals surface area contributed by atoms with Crippen LogP contribution < -0.4 is 10.1 Å². The molecule has 38 heavy (non-hydrogen) atoms. The number of nitrogens with one attached hydrogen (secondary N) is 2. The Morgan fingerprint density at radius 1 is 1.00 bits per heavy atom. The molecule has 2 aliphatic heterocycles. The number of carbonyl (C=O) groups excluding carboxylic acids is 1. The molecule has 1 fully saturated rings. The molecule has 7 nitrogen and oxygen atoms in total. The first-order valence-corrected chi connectivity index (χ1v) is 13.5. The second-order valence-electron chi connectivity index (χ2n) is 10.7. The molecule has 6 rings (SSSR count). The van der Waals surface area contributed by atoms with Crippen LogP contribution in [0.4, 0.5) is 5.69 Å². The number of benzene rings is 3. The predicted octanol–water partition coefficient (Wildman–Crippen LogP) is 5.04. The van der Waals surface area contributed by atoms with E-state index < -0.39 is 0 Å². The molecule has 1 aromatic heterocycles. The zero-order valence-corrected chi connectivity index (χ0v) is 22.2. The van der Waals surface area contributed by atoms with Crippen LogP contribution in [0.3, 0.4) is 0 Å². The molecule has 0 bridgehead atoms. The quantitative estimate of drug-likeness (QED) is 0.394. The SMILES string of the molecule is COc1ccc2c(c1)C[C@H](c1ccc3c(-c4ccc(CN5CCN(C)CC5)cc4)n[nH]c3c1)CCC(=O)N2. The molecule has 1 saturated heterocycles. The molecule has 3 heterocycles. The van der Waals surface area contributed by atoms with Gasteiger partial charge in [0.25, 0.3) is 0 Å². The van der Waals surface area contributed by atoms with Crippen LogP contribution in [0.2, 0.25) is 0 Å². The number of fused-ring (bicyclic) bond motifs is 2. The highest BCUT2D eigenvalue weighted by molar-refractivity contribution is 5.94. The summed E-state index contributed by atoms with van der Waals surface area (Å²) in [6, 6.07) is 21.3. The van der Waals surface area contributed by atoms with Gasteiger partial charge in [-0.15, -0.1) is 0 Å². The van der Waals surface area contributed by atoms with E-state index in [9.17, 15) is 4.79 Å². The van der Waals surface area contributed by atoms with Crippen LogP contribution in [0.25, 0.3) is 22.2 Å². The van der Waals surface area contributed by atoms with E-state index in [1.54, 1.807) is 7.11 Å². The zero-order valence-electron chi connectivity index (χ0n) is 22.2. The average molecular weight is 510 g/mol. The lowest BCUT2D eigenvalue weighted by molar-refractivity contribution is -0.116. The molecule has 1 atom stereocenters. The van der Waals surface area contributed by atoms with Gasteiger partial charge in [0.05, 0.1) is 18.3 Å². The van der Waals surface area contributed by atoms with Gasteiger partial charge in [-0.2, -0.15) is 5.10 Å². The first-order valence-electron chi connectivity index (χ1n) is 13.5. The molecule has 1 amide bonds. The molecule has 2 N–H and O–H groups in total. The number of aromatic amines is 1. The van der Waals surface area contributed by atoms with Gasteiger partial charge < -0.3 is 15.0 Å². The van der Waals surface area contributed by atoms with Crippen molar-refractivity contribution in [3.8, 4) is 17.0 Å². The number of nitrogens with zero attached hydrogens (tertiary/aromatic N) is 3. The van der Waals surface area contributed by atoms with Crippen molar-refractivity contribution in [3.63, 3.8) is 0 Å². The number of hydrogen-bond acceptors (Lipinski definition) is 5. The van der Waals surface area contributed by atoms with Crippen molar-refractivity contribution >= 4 is 22.5 Å². The van der Waals surface area contributed by atoms with E-state index in [4.69, 9.17) is 4.74 Å². The maximum atomic E-state index is 12.5. The Kier molecular flexibility index (Phi) is 6.87. The minimum Gasteiger partial charge on any atom is -0.497 e. The first-order chi connectivity index (χ1) is 18.6. The van der Waals surface area contributed by atoms with Gasteiger partial charge in [0, 0.05) is 55.8 Å². The Hall–Kier alpha value is -3.68. The second-order valence-corrected chi connectivity index (χ2v) is 10.7. The van der Waals surface area contributed by atoms with Gasteiger partial charge in [-0.05, 0) is 66.8 Å². The van der Waals surface area contributed by atoms with Crippen LogP contribution in [0.1, 0.15) is 35.4 Å². The number of carbonyl (C=O) groups is 1. The third-order valence-electron chi connectivity index (χ3n) is 8.06. The summed E-state index contributed by atoms with van der Waals surface area (Å²) in [4.78, 5) is 17.4. The summed E-state index contributed by atoms with van der Waals surface area (Å²) in [5.74, 6) is 1.10. The summed E-state index contributed by atoms with van der Waals surface area (Å²) in [6.45, 7) is 5.50. The third kappa shape index (κ3) is 5.17. The lowest BCUT2D eigenvalue weighted by atomic mass is 9.86. The highest BCUT2D eigenvalue weighted by Gasteiger charge is 2.22.